The second kappa shape index (κ2) is 6.17. The fourth-order valence-electron chi connectivity index (χ4n) is 2.54. The highest BCUT2D eigenvalue weighted by Gasteiger charge is 2.18. The van der Waals surface area contributed by atoms with Crippen LogP contribution in [0.4, 0.5) is 0 Å². The lowest BCUT2D eigenvalue weighted by molar-refractivity contribution is 0.362. The minimum Gasteiger partial charge on any atom is -0.328 e. The standard InChI is InChI=1S/C15H24N4/c1-4-11(3)13(18-16)10-15-17-12-8-6-7-9-14(12)19(15)5-2/h6-9,11,13,18H,4-5,10,16H2,1-3H3. The zero-order valence-electron chi connectivity index (χ0n) is 12.1. The molecule has 0 aliphatic heterocycles. The third kappa shape index (κ3) is 2.80. The molecule has 0 fully saturated rings. The second-order valence-corrected chi connectivity index (χ2v) is 5.12. The van der Waals surface area contributed by atoms with Crippen LogP contribution in [0.3, 0.4) is 0 Å². The molecule has 0 radical (unpaired) electrons. The second-order valence-electron chi connectivity index (χ2n) is 5.12. The highest BCUT2D eigenvalue weighted by atomic mass is 15.2. The average molecular weight is 260 g/mol. The smallest absolute Gasteiger partial charge is 0.111 e. The number of nitrogens with zero attached hydrogens (tertiary/aromatic N) is 2. The first-order chi connectivity index (χ1) is 9.21. The number of nitrogens with one attached hydrogen (secondary N) is 1. The summed E-state index contributed by atoms with van der Waals surface area (Å²) in [6.07, 6.45) is 1.98. The van der Waals surface area contributed by atoms with E-state index >= 15 is 0 Å². The van der Waals surface area contributed by atoms with E-state index < -0.39 is 0 Å². The first kappa shape index (κ1) is 14.0. The van der Waals surface area contributed by atoms with Crippen LogP contribution >= 0.6 is 0 Å². The van der Waals surface area contributed by atoms with Gasteiger partial charge in [0.15, 0.2) is 0 Å². The molecule has 2 unspecified atom stereocenters. The van der Waals surface area contributed by atoms with Gasteiger partial charge in [-0.15, -0.1) is 0 Å². The van der Waals surface area contributed by atoms with Gasteiger partial charge >= 0.3 is 0 Å². The van der Waals surface area contributed by atoms with Crippen molar-refractivity contribution in [3.63, 3.8) is 0 Å². The Labute approximate surface area is 115 Å². The van der Waals surface area contributed by atoms with Gasteiger partial charge in [-0.3, -0.25) is 11.3 Å². The zero-order chi connectivity index (χ0) is 13.8. The number of hydrazine groups is 1. The molecule has 1 heterocycles. The van der Waals surface area contributed by atoms with E-state index in [1.807, 2.05) is 6.07 Å². The summed E-state index contributed by atoms with van der Waals surface area (Å²) in [5.74, 6) is 7.35. The summed E-state index contributed by atoms with van der Waals surface area (Å²) in [5, 5.41) is 0. The molecule has 0 saturated heterocycles. The summed E-state index contributed by atoms with van der Waals surface area (Å²) >= 11 is 0. The molecule has 2 atom stereocenters. The maximum atomic E-state index is 5.70. The molecule has 3 N–H and O–H groups in total. The molecule has 4 nitrogen and oxygen atoms in total. The Balaban J connectivity index is 2.33. The van der Waals surface area contributed by atoms with Crippen molar-refractivity contribution in [2.75, 3.05) is 0 Å². The van der Waals surface area contributed by atoms with Gasteiger partial charge < -0.3 is 4.57 Å². The summed E-state index contributed by atoms with van der Waals surface area (Å²) in [7, 11) is 0. The molecule has 0 saturated carbocycles. The van der Waals surface area contributed by atoms with Gasteiger partial charge in [0.05, 0.1) is 11.0 Å². The summed E-state index contributed by atoms with van der Waals surface area (Å²) in [6.45, 7) is 7.51. The molecular weight excluding hydrogens is 236 g/mol. The fourth-order valence-corrected chi connectivity index (χ4v) is 2.54. The van der Waals surface area contributed by atoms with Crippen LogP contribution < -0.4 is 11.3 Å². The Morgan fingerprint density at radius 2 is 2.05 bits per heavy atom. The van der Waals surface area contributed by atoms with E-state index in [1.165, 1.54) is 5.52 Å². The van der Waals surface area contributed by atoms with Gasteiger partial charge in [0.25, 0.3) is 0 Å². The quantitative estimate of drug-likeness (QED) is 0.619. The van der Waals surface area contributed by atoms with Gasteiger partial charge in [0, 0.05) is 19.0 Å². The van der Waals surface area contributed by atoms with Crippen LogP contribution in [0.2, 0.25) is 0 Å². The van der Waals surface area contributed by atoms with Crippen LogP contribution in [0.5, 0.6) is 0 Å². The third-order valence-electron chi connectivity index (χ3n) is 4.00. The number of aryl methyl sites for hydroxylation is 1. The summed E-state index contributed by atoms with van der Waals surface area (Å²) in [4.78, 5) is 4.76. The van der Waals surface area contributed by atoms with Crippen molar-refractivity contribution in [2.45, 2.75) is 46.2 Å². The van der Waals surface area contributed by atoms with Crippen molar-refractivity contribution >= 4 is 11.0 Å². The Kier molecular flexibility index (Phi) is 4.56. The lowest BCUT2D eigenvalue weighted by atomic mass is 9.97. The Hall–Kier alpha value is -1.39. The molecule has 104 valence electrons. The van der Waals surface area contributed by atoms with Crippen LogP contribution in [0.1, 0.15) is 33.0 Å². The molecule has 1 aromatic heterocycles. The Morgan fingerprint density at radius 1 is 1.32 bits per heavy atom. The predicted molar refractivity (Wildman–Crippen MR) is 79.7 cm³/mol. The Bertz CT molecular complexity index is 532. The molecule has 4 heteroatoms. The fraction of sp³-hybridized carbons (Fsp3) is 0.533. The number of hydrogen-bond acceptors (Lipinski definition) is 3. The minimum atomic E-state index is 0.270. The average Bonchev–Trinajstić information content (AvgIpc) is 2.80. The van der Waals surface area contributed by atoms with Crippen molar-refractivity contribution in [3.8, 4) is 0 Å². The molecular formula is C15H24N4. The van der Waals surface area contributed by atoms with E-state index in [2.05, 4.69) is 49.0 Å². The molecule has 0 spiro atoms. The molecule has 19 heavy (non-hydrogen) atoms. The van der Waals surface area contributed by atoms with Crippen molar-refractivity contribution in [2.24, 2.45) is 11.8 Å². The van der Waals surface area contributed by atoms with Crippen LogP contribution in [-0.2, 0) is 13.0 Å². The van der Waals surface area contributed by atoms with E-state index in [-0.39, 0.29) is 6.04 Å². The monoisotopic (exact) mass is 260 g/mol. The topological polar surface area (TPSA) is 55.9 Å². The van der Waals surface area contributed by atoms with E-state index in [9.17, 15) is 0 Å². The van der Waals surface area contributed by atoms with Crippen LogP contribution in [-0.4, -0.2) is 15.6 Å². The highest BCUT2D eigenvalue weighted by molar-refractivity contribution is 5.75. The number of aromatic nitrogens is 2. The largest absolute Gasteiger partial charge is 0.328 e. The number of imidazole rings is 1. The summed E-state index contributed by atoms with van der Waals surface area (Å²) in [6, 6.07) is 8.56. The molecule has 2 rings (SSSR count). The maximum Gasteiger partial charge on any atom is 0.111 e. The molecule has 1 aromatic carbocycles. The van der Waals surface area contributed by atoms with E-state index in [0.717, 1.165) is 30.7 Å². The van der Waals surface area contributed by atoms with E-state index in [4.69, 9.17) is 10.8 Å². The van der Waals surface area contributed by atoms with E-state index in [1.54, 1.807) is 0 Å². The number of benzene rings is 1. The molecule has 0 amide bonds. The molecule has 2 aromatic rings. The van der Waals surface area contributed by atoms with Crippen LogP contribution in [0, 0.1) is 5.92 Å². The van der Waals surface area contributed by atoms with Crippen molar-refractivity contribution in [1.82, 2.24) is 15.0 Å². The van der Waals surface area contributed by atoms with Crippen molar-refractivity contribution < 1.29 is 0 Å². The summed E-state index contributed by atoms with van der Waals surface area (Å²) < 4.78 is 2.28. The van der Waals surface area contributed by atoms with Gasteiger partial charge in [-0.1, -0.05) is 32.4 Å². The molecule has 0 aliphatic rings. The van der Waals surface area contributed by atoms with Crippen LogP contribution in [0.25, 0.3) is 11.0 Å². The lowest BCUT2D eigenvalue weighted by Crippen LogP contribution is -2.41. The Morgan fingerprint density at radius 3 is 2.68 bits per heavy atom. The maximum absolute atomic E-state index is 5.70. The van der Waals surface area contributed by atoms with Crippen LogP contribution in [0.15, 0.2) is 24.3 Å². The van der Waals surface area contributed by atoms with Gasteiger partial charge in [-0.25, -0.2) is 4.98 Å². The molecule has 0 bridgehead atoms. The highest BCUT2D eigenvalue weighted by Crippen LogP contribution is 2.19. The summed E-state index contributed by atoms with van der Waals surface area (Å²) in [5.41, 5.74) is 5.22. The van der Waals surface area contributed by atoms with E-state index in [0.29, 0.717) is 5.92 Å². The normalized spacial score (nSPS) is 14.7. The van der Waals surface area contributed by atoms with Gasteiger partial charge in [-0.2, -0.15) is 0 Å². The first-order valence-corrected chi connectivity index (χ1v) is 7.11. The SMILES string of the molecule is CCC(C)C(Cc1nc2ccccc2n1CC)NN. The zero-order valence-corrected chi connectivity index (χ0v) is 12.1. The number of para-hydroxylation sites is 2. The van der Waals surface area contributed by atoms with Gasteiger partial charge in [0.1, 0.15) is 5.82 Å². The van der Waals surface area contributed by atoms with Crippen molar-refractivity contribution in [1.29, 1.82) is 0 Å². The van der Waals surface area contributed by atoms with Gasteiger partial charge in [-0.05, 0) is 25.0 Å². The number of nitrogens with two attached hydrogens (primary N) is 1. The lowest BCUT2D eigenvalue weighted by Gasteiger charge is -2.22. The van der Waals surface area contributed by atoms with Gasteiger partial charge in [0.2, 0.25) is 0 Å². The molecule has 0 aliphatic carbocycles. The third-order valence-corrected chi connectivity index (χ3v) is 4.00. The number of rotatable bonds is 6. The van der Waals surface area contributed by atoms with Crippen molar-refractivity contribution in [3.05, 3.63) is 30.1 Å². The first-order valence-electron chi connectivity index (χ1n) is 7.11. The number of fused-ring (bicyclic) bond motifs is 1. The minimum absolute atomic E-state index is 0.270. The predicted octanol–water partition coefficient (Wildman–Crippen LogP) is 2.48. The number of hydrogen-bond donors (Lipinski definition) is 2.